The Balaban J connectivity index is 1.20. The van der Waals surface area contributed by atoms with Gasteiger partial charge in [0.2, 0.25) is 0 Å². The van der Waals surface area contributed by atoms with Gasteiger partial charge in [0, 0.05) is 34.0 Å². The summed E-state index contributed by atoms with van der Waals surface area (Å²) in [5.41, 5.74) is 12.5. The minimum Gasteiger partial charge on any atom is -0.455 e. The van der Waals surface area contributed by atoms with Gasteiger partial charge in [-0.3, -0.25) is 0 Å². The lowest BCUT2D eigenvalue weighted by atomic mass is 9.91. The van der Waals surface area contributed by atoms with Crippen LogP contribution in [0.3, 0.4) is 0 Å². The van der Waals surface area contributed by atoms with Crippen LogP contribution in [0.15, 0.2) is 188 Å². The van der Waals surface area contributed by atoms with Gasteiger partial charge in [0.25, 0.3) is 0 Å². The van der Waals surface area contributed by atoms with Crippen molar-refractivity contribution in [2.45, 2.75) is 0 Å². The Bertz CT molecular complexity index is 2300. The zero-order chi connectivity index (χ0) is 31.9. The zero-order valence-corrected chi connectivity index (χ0v) is 26.3. The molecule has 8 aromatic carbocycles. The molecule has 0 radical (unpaired) electrons. The van der Waals surface area contributed by atoms with Crippen LogP contribution in [0.2, 0.25) is 0 Å². The quantitative estimate of drug-likeness (QED) is 0.185. The lowest BCUT2D eigenvalue weighted by Gasteiger charge is -2.29. The summed E-state index contributed by atoms with van der Waals surface area (Å²) in [6.45, 7) is 0. The van der Waals surface area contributed by atoms with Crippen LogP contribution in [0, 0.1) is 0 Å². The van der Waals surface area contributed by atoms with Crippen molar-refractivity contribution >= 4 is 27.8 Å². The Morgan fingerprint density at radius 2 is 0.812 bits per heavy atom. The second kappa shape index (κ2) is 11.8. The number of fused-ring (bicyclic) bond motifs is 2. The lowest BCUT2D eigenvalue weighted by molar-refractivity contribution is 0.489. The molecule has 2 nitrogen and oxygen atoms in total. The smallest absolute Gasteiger partial charge is 0.143 e. The average molecular weight is 614 g/mol. The zero-order valence-electron chi connectivity index (χ0n) is 26.3. The molecule has 0 unspecified atom stereocenters. The van der Waals surface area contributed by atoms with Gasteiger partial charge < -0.3 is 9.64 Å². The van der Waals surface area contributed by atoms with Crippen molar-refractivity contribution in [2.24, 2.45) is 0 Å². The first-order chi connectivity index (χ1) is 23.8. The molecule has 2 heteroatoms. The maximum absolute atomic E-state index is 6.92. The van der Waals surface area contributed by atoms with E-state index < -0.39 is 0 Å². The fourth-order valence-corrected chi connectivity index (χ4v) is 6.94. The fourth-order valence-electron chi connectivity index (χ4n) is 6.94. The average Bonchev–Trinajstić information content (AvgIpc) is 3.16. The molecule has 8 aromatic rings. The first-order valence-corrected chi connectivity index (χ1v) is 16.3. The largest absolute Gasteiger partial charge is 0.455 e. The van der Waals surface area contributed by atoms with E-state index in [-0.39, 0.29) is 0 Å². The van der Waals surface area contributed by atoms with Gasteiger partial charge in [-0.2, -0.15) is 0 Å². The predicted molar refractivity (Wildman–Crippen MR) is 200 cm³/mol. The number of para-hydroxylation sites is 1. The van der Waals surface area contributed by atoms with Crippen LogP contribution in [0.1, 0.15) is 0 Å². The van der Waals surface area contributed by atoms with Gasteiger partial charge in [-0.1, -0.05) is 152 Å². The summed E-state index contributed by atoms with van der Waals surface area (Å²) in [7, 11) is 0. The van der Waals surface area contributed by atoms with Crippen LogP contribution in [0.25, 0.3) is 55.3 Å². The molecule has 0 aliphatic carbocycles. The molecule has 0 saturated carbocycles. The van der Waals surface area contributed by atoms with Crippen LogP contribution in [0.5, 0.6) is 11.5 Å². The number of hydrogen-bond acceptors (Lipinski definition) is 2. The maximum Gasteiger partial charge on any atom is 0.143 e. The Kier molecular flexibility index (Phi) is 6.84. The number of anilines is 3. The van der Waals surface area contributed by atoms with E-state index in [0.29, 0.717) is 0 Å². The third kappa shape index (κ3) is 4.92. The Labute approximate surface area is 280 Å². The number of benzene rings is 8. The van der Waals surface area contributed by atoms with Crippen LogP contribution < -0.4 is 9.64 Å². The molecule has 0 N–H and O–H groups in total. The molecule has 1 aliphatic rings. The molecule has 0 spiro atoms. The molecule has 9 rings (SSSR count). The minimum absolute atomic E-state index is 0.862. The normalized spacial score (nSPS) is 11.5. The highest BCUT2D eigenvalue weighted by molar-refractivity contribution is 6.07. The second-order valence-electron chi connectivity index (χ2n) is 12.2. The minimum atomic E-state index is 0.862. The molecule has 0 atom stereocenters. The van der Waals surface area contributed by atoms with Gasteiger partial charge in [0.15, 0.2) is 0 Å². The van der Waals surface area contributed by atoms with Crippen molar-refractivity contribution in [2.75, 3.05) is 4.90 Å². The van der Waals surface area contributed by atoms with Gasteiger partial charge in [-0.05, 0) is 69.1 Å². The van der Waals surface area contributed by atoms with E-state index in [1.807, 2.05) is 0 Å². The highest BCUT2D eigenvalue weighted by Crippen LogP contribution is 2.52. The summed E-state index contributed by atoms with van der Waals surface area (Å²) in [5, 5.41) is 2.28. The van der Waals surface area contributed by atoms with Crippen molar-refractivity contribution in [3.05, 3.63) is 188 Å². The van der Waals surface area contributed by atoms with E-state index in [0.717, 1.165) is 56.0 Å². The van der Waals surface area contributed by atoms with Crippen molar-refractivity contribution in [3.63, 3.8) is 0 Å². The SMILES string of the molecule is c1ccc(-c2ccc(N(c3ccc(-c4ccccc4)cc3)c3cc4c5c(cccc5c3)-c3cccc(-c5ccccc5)c3O4)cc2)cc1. The summed E-state index contributed by atoms with van der Waals surface area (Å²) in [6.07, 6.45) is 0. The number of hydrogen-bond donors (Lipinski definition) is 0. The highest BCUT2D eigenvalue weighted by atomic mass is 16.5. The van der Waals surface area contributed by atoms with E-state index in [9.17, 15) is 0 Å². The first kappa shape index (κ1) is 27.9. The third-order valence-corrected chi connectivity index (χ3v) is 9.25. The monoisotopic (exact) mass is 613 g/mol. The maximum atomic E-state index is 6.92. The van der Waals surface area contributed by atoms with Crippen molar-refractivity contribution in [1.82, 2.24) is 0 Å². The molecule has 0 saturated heterocycles. The summed E-state index contributed by atoms with van der Waals surface area (Å²) in [4.78, 5) is 2.33. The topological polar surface area (TPSA) is 12.5 Å². The highest BCUT2D eigenvalue weighted by Gasteiger charge is 2.25. The third-order valence-electron chi connectivity index (χ3n) is 9.25. The van der Waals surface area contributed by atoms with Crippen molar-refractivity contribution < 1.29 is 4.74 Å². The molecule has 0 bridgehead atoms. The van der Waals surface area contributed by atoms with Crippen LogP contribution in [-0.2, 0) is 0 Å². The summed E-state index contributed by atoms with van der Waals surface area (Å²) in [5.74, 6) is 1.76. The number of nitrogens with zero attached hydrogens (tertiary/aromatic N) is 1. The van der Waals surface area contributed by atoms with Gasteiger partial charge in [0.1, 0.15) is 11.5 Å². The van der Waals surface area contributed by atoms with Gasteiger partial charge >= 0.3 is 0 Å². The van der Waals surface area contributed by atoms with E-state index >= 15 is 0 Å². The van der Waals surface area contributed by atoms with Crippen LogP contribution >= 0.6 is 0 Å². The molecule has 0 fully saturated rings. The fraction of sp³-hybridized carbons (Fsp3) is 0. The Morgan fingerprint density at radius 1 is 0.333 bits per heavy atom. The summed E-state index contributed by atoms with van der Waals surface area (Å²) in [6, 6.07) is 66.7. The molecule has 1 aliphatic heterocycles. The summed E-state index contributed by atoms with van der Waals surface area (Å²) < 4.78 is 6.92. The van der Waals surface area contributed by atoms with Gasteiger partial charge in [-0.25, -0.2) is 0 Å². The molecule has 1 heterocycles. The summed E-state index contributed by atoms with van der Waals surface area (Å²) >= 11 is 0. The van der Waals surface area contributed by atoms with Crippen LogP contribution in [0.4, 0.5) is 17.1 Å². The standard InChI is InChI=1S/C46H31NO/c1-4-12-32(13-5-1)34-22-26-38(27-23-34)47(39-28-24-35(25-29-39)33-14-6-2-7-15-33)40-30-37-18-10-20-42-43-21-11-19-41(36-16-8-3-9-17-36)46(43)48-44(31-40)45(37)42/h1-31H. The molecule has 48 heavy (non-hydrogen) atoms. The van der Waals surface area contributed by atoms with E-state index in [4.69, 9.17) is 4.74 Å². The Hall–Kier alpha value is -6.38. The van der Waals surface area contributed by atoms with E-state index in [2.05, 4.69) is 193 Å². The number of rotatable bonds is 6. The predicted octanol–water partition coefficient (Wildman–Crippen LogP) is 13.1. The molecule has 0 aromatic heterocycles. The van der Waals surface area contributed by atoms with E-state index in [1.165, 1.54) is 27.8 Å². The molecule has 0 amide bonds. The molecule has 226 valence electrons. The molecular formula is C46H31NO. The van der Waals surface area contributed by atoms with Crippen molar-refractivity contribution in [3.8, 4) is 56.0 Å². The molecular weight excluding hydrogens is 583 g/mol. The Morgan fingerprint density at radius 3 is 1.40 bits per heavy atom. The lowest BCUT2D eigenvalue weighted by Crippen LogP contribution is -2.10. The van der Waals surface area contributed by atoms with Crippen LogP contribution in [-0.4, -0.2) is 0 Å². The van der Waals surface area contributed by atoms with Gasteiger partial charge in [-0.15, -0.1) is 0 Å². The first-order valence-electron chi connectivity index (χ1n) is 16.3. The van der Waals surface area contributed by atoms with E-state index in [1.54, 1.807) is 0 Å². The second-order valence-corrected chi connectivity index (χ2v) is 12.2. The van der Waals surface area contributed by atoms with Gasteiger partial charge in [0.05, 0.1) is 5.69 Å². The number of ether oxygens (including phenoxy) is 1. The van der Waals surface area contributed by atoms with Crippen molar-refractivity contribution in [1.29, 1.82) is 0 Å².